The topological polar surface area (TPSA) is 25.2 Å². The Hall–Kier alpha value is -3.33. The van der Waals surface area contributed by atoms with Crippen LogP contribution in [0.5, 0.6) is 0 Å². The molecule has 0 aliphatic rings. The number of aromatic nitrogens is 1. The number of hydrogen-bond acceptors (Lipinski definition) is 1. The van der Waals surface area contributed by atoms with Crippen molar-refractivity contribution in [1.29, 1.82) is 0 Å². The summed E-state index contributed by atoms with van der Waals surface area (Å²) in [6.07, 6.45) is 2.09. The highest BCUT2D eigenvalue weighted by molar-refractivity contribution is 6.07. The maximum atomic E-state index is 13.5. The quantitative estimate of drug-likeness (QED) is 0.417. The van der Waals surface area contributed by atoms with E-state index in [2.05, 4.69) is 73.1 Å². The lowest BCUT2D eigenvalue weighted by Gasteiger charge is -2.28. The van der Waals surface area contributed by atoms with E-state index in [0.717, 1.165) is 28.6 Å². The van der Waals surface area contributed by atoms with Gasteiger partial charge in [-0.15, -0.1) is 0 Å². The van der Waals surface area contributed by atoms with Crippen molar-refractivity contribution in [1.82, 2.24) is 9.47 Å². The van der Waals surface area contributed by atoms with Gasteiger partial charge >= 0.3 is 0 Å². The van der Waals surface area contributed by atoms with Crippen LogP contribution in [0.25, 0.3) is 10.8 Å². The minimum Gasteiger partial charge on any atom is -0.345 e. The van der Waals surface area contributed by atoms with E-state index < -0.39 is 0 Å². The Morgan fingerprint density at radius 1 is 0.862 bits per heavy atom. The number of hydrogen-bond donors (Lipinski definition) is 0. The maximum absolute atomic E-state index is 13.5. The second-order valence-electron chi connectivity index (χ2n) is 7.67. The summed E-state index contributed by atoms with van der Waals surface area (Å²) in [5.74, 6) is 0.0734. The first-order chi connectivity index (χ1) is 14.1. The molecule has 1 aromatic heterocycles. The molecule has 3 heteroatoms. The Morgan fingerprint density at radius 2 is 1.59 bits per heavy atom. The molecule has 1 amide bonds. The van der Waals surface area contributed by atoms with Crippen LogP contribution >= 0.6 is 0 Å². The lowest BCUT2D eigenvalue weighted by molar-refractivity contribution is 0.0688. The number of nitrogens with zero attached hydrogens (tertiary/aromatic N) is 2. The van der Waals surface area contributed by atoms with Crippen LogP contribution in [0.3, 0.4) is 0 Å². The van der Waals surface area contributed by atoms with Crippen molar-refractivity contribution >= 4 is 16.7 Å². The van der Waals surface area contributed by atoms with Gasteiger partial charge in [-0.1, -0.05) is 66.7 Å². The lowest BCUT2D eigenvalue weighted by Crippen LogP contribution is -2.37. The fourth-order valence-corrected chi connectivity index (χ4v) is 3.76. The smallest absolute Gasteiger partial charge is 0.255 e. The number of amides is 1. The molecule has 4 rings (SSSR count). The van der Waals surface area contributed by atoms with Gasteiger partial charge in [0.15, 0.2) is 0 Å². The Kier molecular flexibility index (Phi) is 5.48. The molecule has 0 spiro atoms. The average molecular weight is 383 g/mol. The molecule has 0 saturated heterocycles. The molecule has 0 bridgehead atoms. The predicted octanol–water partition coefficient (Wildman–Crippen LogP) is 5.74. The molecule has 1 heterocycles. The van der Waals surface area contributed by atoms with Crippen LogP contribution in [-0.4, -0.2) is 21.4 Å². The van der Waals surface area contributed by atoms with Gasteiger partial charge in [0.25, 0.3) is 5.91 Å². The second kappa shape index (κ2) is 8.36. The van der Waals surface area contributed by atoms with Crippen molar-refractivity contribution < 1.29 is 4.79 Å². The van der Waals surface area contributed by atoms with Gasteiger partial charge in [-0.3, -0.25) is 4.79 Å². The molecular weight excluding hydrogens is 356 g/mol. The molecular formula is C26H26N2O. The first kappa shape index (κ1) is 19.0. The van der Waals surface area contributed by atoms with Crippen molar-refractivity contribution in [2.75, 3.05) is 0 Å². The molecule has 0 atom stereocenters. The van der Waals surface area contributed by atoms with E-state index in [1.807, 2.05) is 41.3 Å². The minimum atomic E-state index is 0.0734. The maximum Gasteiger partial charge on any atom is 0.255 e. The first-order valence-electron chi connectivity index (χ1n) is 10.1. The number of carbonyl (C=O) groups excluding carboxylic acids is 1. The Morgan fingerprint density at radius 3 is 2.38 bits per heavy atom. The van der Waals surface area contributed by atoms with E-state index >= 15 is 0 Å². The summed E-state index contributed by atoms with van der Waals surface area (Å²) < 4.78 is 2.22. The van der Waals surface area contributed by atoms with Crippen LogP contribution in [0.4, 0.5) is 0 Å². The molecule has 0 aliphatic heterocycles. The molecule has 0 N–H and O–H groups in total. The summed E-state index contributed by atoms with van der Waals surface area (Å²) in [5.41, 5.74) is 3.15. The molecule has 0 fully saturated rings. The van der Waals surface area contributed by atoms with Crippen molar-refractivity contribution in [2.45, 2.75) is 33.0 Å². The number of benzene rings is 3. The van der Waals surface area contributed by atoms with Crippen LogP contribution in [0.1, 0.15) is 35.5 Å². The zero-order chi connectivity index (χ0) is 20.2. The Bertz CT molecular complexity index is 1110. The highest BCUT2D eigenvalue weighted by atomic mass is 16.2. The third-order valence-electron chi connectivity index (χ3n) is 5.36. The number of rotatable bonds is 6. The van der Waals surface area contributed by atoms with Crippen molar-refractivity contribution in [3.8, 4) is 0 Å². The van der Waals surface area contributed by atoms with Gasteiger partial charge in [0.1, 0.15) is 0 Å². The molecule has 0 saturated carbocycles. The normalized spacial score (nSPS) is 11.1. The fraction of sp³-hybridized carbons (Fsp3) is 0.192. The van der Waals surface area contributed by atoms with E-state index in [4.69, 9.17) is 0 Å². The SMILES string of the molecule is CC(C)N(Cc1cccn1Cc1ccccc1)C(=O)c1cccc2ccccc12. The van der Waals surface area contributed by atoms with Gasteiger partial charge in [-0.2, -0.15) is 0 Å². The number of carbonyl (C=O) groups is 1. The standard InChI is InChI=1S/C26H26N2O/c1-20(2)28(26(29)25-16-8-13-22-12-6-7-15-24(22)25)19-23-14-9-17-27(23)18-21-10-4-3-5-11-21/h3-17,20H,18-19H2,1-2H3. The van der Waals surface area contributed by atoms with Crippen molar-refractivity contribution in [3.05, 3.63) is 108 Å². The summed E-state index contributed by atoms with van der Waals surface area (Å²) in [6.45, 7) is 5.54. The van der Waals surface area contributed by atoms with Crippen molar-refractivity contribution in [2.24, 2.45) is 0 Å². The first-order valence-corrected chi connectivity index (χ1v) is 10.1. The molecule has 0 aliphatic carbocycles. The summed E-state index contributed by atoms with van der Waals surface area (Å²) in [5, 5.41) is 2.10. The van der Waals surface area contributed by atoms with Gasteiger partial charge in [-0.05, 0) is 48.4 Å². The second-order valence-corrected chi connectivity index (χ2v) is 7.67. The van der Waals surface area contributed by atoms with Gasteiger partial charge in [-0.25, -0.2) is 0 Å². The lowest BCUT2D eigenvalue weighted by atomic mass is 10.0. The van der Waals surface area contributed by atoms with E-state index in [-0.39, 0.29) is 11.9 Å². The molecule has 3 nitrogen and oxygen atoms in total. The molecule has 29 heavy (non-hydrogen) atoms. The molecule has 3 aromatic carbocycles. The van der Waals surface area contributed by atoms with Crippen molar-refractivity contribution in [3.63, 3.8) is 0 Å². The van der Waals surface area contributed by atoms with E-state index in [1.54, 1.807) is 0 Å². The molecule has 4 aromatic rings. The Labute approximate surface area is 172 Å². The highest BCUT2D eigenvalue weighted by Crippen LogP contribution is 2.22. The van der Waals surface area contributed by atoms with Gasteiger partial charge in [0.2, 0.25) is 0 Å². The van der Waals surface area contributed by atoms with Crippen LogP contribution in [0.2, 0.25) is 0 Å². The summed E-state index contributed by atoms with van der Waals surface area (Å²) in [7, 11) is 0. The summed E-state index contributed by atoms with van der Waals surface area (Å²) in [6, 6.07) is 28.7. The molecule has 0 radical (unpaired) electrons. The third kappa shape index (κ3) is 4.09. The van der Waals surface area contributed by atoms with E-state index in [9.17, 15) is 4.79 Å². The summed E-state index contributed by atoms with van der Waals surface area (Å²) in [4.78, 5) is 15.5. The highest BCUT2D eigenvalue weighted by Gasteiger charge is 2.22. The van der Waals surface area contributed by atoms with Crippen LogP contribution in [-0.2, 0) is 13.1 Å². The largest absolute Gasteiger partial charge is 0.345 e. The molecule has 146 valence electrons. The van der Waals surface area contributed by atoms with Gasteiger partial charge < -0.3 is 9.47 Å². The van der Waals surface area contributed by atoms with Crippen LogP contribution in [0, 0.1) is 0 Å². The van der Waals surface area contributed by atoms with Gasteiger partial charge in [0, 0.05) is 30.0 Å². The predicted molar refractivity (Wildman–Crippen MR) is 119 cm³/mol. The Balaban J connectivity index is 1.62. The van der Waals surface area contributed by atoms with Gasteiger partial charge in [0.05, 0.1) is 6.54 Å². The molecule has 0 unspecified atom stereocenters. The monoisotopic (exact) mass is 382 g/mol. The zero-order valence-electron chi connectivity index (χ0n) is 17.0. The average Bonchev–Trinajstić information content (AvgIpc) is 3.18. The van der Waals surface area contributed by atoms with Crippen LogP contribution in [0.15, 0.2) is 91.1 Å². The van der Waals surface area contributed by atoms with Crippen LogP contribution < -0.4 is 0 Å². The van der Waals surface area contributed by atoms with E-state index in [0.29, 0.717) is 6.54 Å². The number of fused-ring (bicyclic) bond motifs is 1. The fourth-order valence-electron chi connectivity index (χ4n) is 3.76. The van der Waals surface area contributed by atoms with E-state index in [1.165, 1.54) is 5.56 Å². The summed E-state index contributed by atoms with van der Waals surface area (Å²) >= 11 is 0. The third-order valence-corrected chi connectivity index (χ3v) is 5.36. The zero-order valence-corrected chi connectivity index (χ0v) is 17.0. The minimum absolute atomic E-state index is 0.0734.